The highest BCUT2D eigenvalue weighted by Gasteiger charge is 2.40. The van der Waals surface area contributed by atoms with Gasteiger partial charge in [-0.1, -0.05) is 96.6 Å². The van der Waals surface area contributed by atoms with E-state index in [1.54, 1.807) is 32.3 Å². The first-order valence-electron chi connectivity index (χ1n) is 9.45. The lowest BCUT2D eigenvalue weighted by Crippen LogP contribution is -2.51. The van der Waals surface area contributed by atoms with Gasteiger partial charge in [0.2, 0.25) is 0 Å². The van der Waals surface area contributed by atoms with Gasteiger partial charge >= 0.3 is 0 Å². The summed E-state index contributed by atoms with van der Waals surface area (Å²) in [6.45, 7) is 24.2. The summed E-state index contributed by atoms with van der Waals surface area (Å²) in [5, 5.41) is 5.06. The molecule has 1 aliphatic rings. The summed E-state index contributed by atoms with van der Waals surface area (Å²) in [5.74, 6) is 0.623. The average molecular weight is 357 g/mol. The van der Waals surface area contributed by atoms with Crippen LogP contribution in [0.5, 0.6) is 0 Å². The summed E-state index contributed by atoms with van der Waals surface area (Å²) in [6.07, 6.45) is 0. The fourth-order valence-electron chi connectivity index (χ4n) is 4.34. The lowest BCUT2D eigenvalue weighted by atomic mass is 10.1. The van der Waals surface area contributed by atoms with Crippen molar-refractivity contribution in [3.05, 3.63) is 45.7 Å². The molecule has 0 radical (unpaired) electrons. The average Bonchev–Trinajstić information content (AvgIpc) is 2.69. The lowest BCUT2D eigenvalue weighted by molar-refractivity contribution is 0.847. The molecule has 0 aromatic heterocycles. The van der Waals surface area contributed by atoms with E-state index < -0.39 is 16.1 Å². The molecule has 1 aromatic rings. The van der Waals surface area contributed by atoms with Gasteiger partial charge in [0.25, 0.3) is 0 Å². The van der Waals surface area contributed by atoms with Crippen LogP contribution in [0, 0.1) is 12.8 Å². The van der Waals surface area contributed by atoms with Crippen molar-refractivity contribution in [3.8, 4) is 0 Å². The molecule has 0 amide bonds. The van der Waals surface area contributed by atoms with Gasteiger partial charge in [-0.3, -0.25) is 0 Å². The van der Waals surface area contributed by atoms with Gasteiger partial charge in [-0.05, 0) is 39.2 Å². The summed E-state index contributed by atoms with van der Waals surface area (Å²) in [4.78, 5) is 0. The minimum absolute atomic E-state index is 0.623. The minimum Gasteiger partial charge on any atom is -0.0672 e. The third-order valence-electron chi connectivity index (χ3n) is 6.52. The first-order valence-corrected chi connectivity index (χ1v) is 15.7. The van der Waals surface area contributed by atoms with Crippen molar-refractivity contribution in [2.24, 2.45) is 5.92 Å². The number of allylic oxidation sites excluding steroid dienone is 4. The van der Waals surface area contributed by atoms with Crippen LogP contribution in [0.4, 0.5) is 0 Å². The molecule has 2 unspecified atom stereocenters. The van der Waals surface area contributed by atoms with Crippen molar-refractivity contribution in [2.45, 2.75) is 73.8 Å². The summed E-state index contributed by atoms with van der Waals surface area (Å²) in [6, 6.07) is 8.81. The van der Waals surface area contributed by atoms with Gasteiger partial charge in [-0.2, -0.15) is 0 Å². The molecule has 0 saturated heterocycles. The largest absolute Gasteiger partial charge is 0.111 e. The molecule has 0 N–H and O–H groups in total. The van der Waals surface area contributed by atoms with E-state index in [9.17, 15) is 0 Å². The van der Waals surface area contributed by atoms with Crippen molar-refractivity contribution in [1.29, 1.82) is 0 Å². The van der Waals surface area contributed by atoms with Gasteiger partial charge in [0.05, 0.1) is 8.07 Å². The van der Waals surface area contributed by atoms with Gasteiger partial charge in [0.15, 0.2) is 0 Å². The molecule has 2 atom stereocenters. The van der Waals surface area contributed by atoms with Gasteiger partial charge in [-0.25, -0.2) is 0 Å². The SMILES string of the molecule is CC[Si](C)(C1=C(C)C(C)=C(C)C1C)c1cc(C)cc([Si](C)(C)C)c1. The monoisotopic (exact) mass is 356 g/mol. The van der Waals surface area contributed by atoms with E-state index in [1.165, 1.54) is 11.6 Å². The Labute approximate surface area is 152 Å². The zero-order valence-corrected chi connectivity index (χ0v) is 19.5. The molecule has 1 aliphatic carbocycles. The number of hydrogen-bond donors (Lipinski definition) is 0. The Morgan fingerprint density at radius 3 is 1.79 bits per heavy atom. The molecule has 0 saturated carbocycles. The van der Waals surface area contributed by atoms with Crippen LogP contribution >= 0.6 is 0 Å². The molecule has 0 fully saturated rings. The molecule has 1 aromatic carbocycles. The van der Waals surface area contributed by atoms with Crippen LogP contribution in [0.15, 0.2) is 40.1 Å². The zero-order chi connectivity index (χ0) is 18.4. The van der Waals surface area contributed by atoms with Crippen LogP contribution < -0.4 is 10.4 Å². The van der Waals surface area contributed by atoms with Crippen LogP contribution in [0.3, 0.4) is 0 Å². The Morgan fingerprint density at radius 1 is 0.833 bits per heavy atom. The highest BCUT2D eigenvalue weighted by molar-refractivity contribution is 6.97. The van der Waals surface area contributed by atoms with Crippen molar-refractivity contribution >= 4 is 26.5 Å². The topological polar surface area (TPSA) is 0 Å². The van der Waals surface area contributed by atoms with Crippen molar-refractivity contribution in [2.75, 3.05) is 0 Å². The van der Waals surface area contributed by atoms with Crippen molar-refractivity contribution < 1.29 is 0 Å². The van der Waals surface area contributed by atoms with Gasteiger partial charge in [0.1, 0.15) is 8.07 Å². The van der Waals surface area contributed by atoms with Crippen molar-refractivity contribution in [1.82, 2.24) is 0 Å². The number of aryl methyl sites for hydroxylation is 1. The molecule has 0 nitrogen and oxygen atoms in total. The summed E-state index contributed by atoms with van der Waals surface area (Å²) in [7, 11) is -2.95. The molecular weight excluding hydrogens is 320 g/mol. The fraction of sp³-hybridized carbons (Fsp3) is 0.545. The highest BCUT2D eigenvalue weighted by atomic mass is 28.3. The van der Waals surface area contributed by atoms with E-state index >= 15 is 0 Å². The molecule has 0 bridgehead atoms. The van der Waals surface area contributed by atoms with Gasteiger partial charge in [0, 0.05) is 0 Å². The molecule has 24 heavy (non-hydrogen) atoms. The maximum Gasteiger partial charge on any atom is 0.111 e. The van der Waals surface area contributed by atoms with E-state index in [0.717, 1.165) is 0 Å². The first-order chi connectivity index (χ1) is 10.9. The van der Waals surface area contributed by atoms with E-state index in [0.29, 0.717) is 5.92 Å². The Bertz CT molecular complexity index is 716. The van der Waals surface area contributed by atoms with Crippen LogP contribution in [-0.4, -0.2) is 16.1 Å². The second-order valence-electron chi connectivity index (χ2n) is 9.09. The van der Waals surface area contributed by atoms with Gasteiger partial charge in [-0.15, -0.1) is 0 Å². The normalized spacial score (nSPS) is 21.5. The third kappa shape index (κ3) is 3.15. The molecule has 132 valence electrons. The third-order valence-corrected chi connectivity index (χ3v) is 13.5. The number of rotatable bonds is 4. The summed E-state index contributed by atoms with van der Waals surface area (Å²) in [5.41, 5.74) is 6.17. The first kappa shape index (κ1) is 19.5. The molecular formula is C22H36Si2. The Hall–Kier alpha value is -0.866. The van der Waals surface area contributed by atoms with E-state index in [4.69, 9.17) is 0 Å². The smallest absolute Gasteiger partial charge is 0.0672 e. The summed E-state index contributed by atoms with van der Waals surface area (Å²) >= 11 is 0. The Morgan fingerprint density at radius 2 is 1.38 bits per heavy atom. The minimum atomic E-state index is -1.66. The quantitative estimate of drug-likeness (QED) is 0.608. The maximum absolute atomic E-state index is 2.61. The predicted octanol–water partition coefficient (Wildman–Crippen LogP) is 5.69. The predicted molar refractivity (Wildman–Crippen MR) is 116 cm³/mol. The Kier molecular flexibility index (Phi) is 5.23. The number of benzene rings is 1. The lowest BCUT2D eigenvalue weighted by Gasteiger charge is -2.34. The fourth-order valence-corrected chi connectivity index (χ4v) is 10.0. The van der Waals surface area contributed by atoms with Crippen LogP contribution in [0.25, 0.3) is 0 Å². The number of hydrogen-bond acceptors (Lipinski definition) is 0. The van der Waals surface area contributed by atoms with Crippen LogP contribution in [0.2, 0.25) is 32.2 Å². The van der Waals surface area contributed by atoms with Gasteiger partial charge < -0.3 is 0 Å². The summed E-state index contributed by atoms with van der Waals surface area (Å²) < 4.78 is 0. The maximum atomic E-state index is 2.61. The van der Waals surface area contributed by atoms with Crippen LogP contribution in [-0.2, 0) is 0 Å². The van der Waals surface area contributed by atoms with E-state index in [1.807, 2.05) is 0 Å². The molecule has 2 rings (SSSR count). The van der Waals surface area contributed by atoms with E-state index in [2.05, 4.69) is 85.9 Å². The zero-order valence-electron chi connectivity index (χ0n) is 17.5. The Balaban J connectivity index is 2.67. The van der Waals surface area contributed by atoms with Crippen LogP contribution in [0.1, 0.15) is 40.2 Å². The molecule has 0 aliphatic heterocycles. The second kappa shape index (κ2) is 6.46. The molecule has 0 spiro atoms. The van der Waals surface area contributed by atoms with Crippen molar-refractivity contribution in [3.63, 3.8) is 0 Å². The molecule has 2 heteroatoms. The highest BCUT2D eigenvalue weighted by Crippen LogP contribution is 2.42. The molecule has 0 heterocycles. The standard InChI is InChI=1S/C22H36Si2/c1-11-24(10,22-18(5)16(3)17(4)19(22)6)21-13-15(2)12-20(14-21)23(7,8)9/h12-14,18H,11H2,1-10H3. The second-order valence-corrected chi connectivity index (χ2v) is 18.7. The van der Waals surface area contributed by atoms with E-state index in [-0.39, 0.29) is 0 Å².